The smallest absolute Gasteiger partial charge is 0.305 e. The van der Waals surface area contributed by atoms with Crippen LogP contribution in [0.2, 0.25) is 0 Å². The highest BCUT2D eigenvalue weighted by atomic mass is 16.4. The number of carbonyl (C=O) groups is 2. The fraction of sp³-hybridized carbons (Fsp3) is 0.833. The van der Waals surface area contributed by atoms with Crippen molar-refractivity contribution in [2.24, 2.45) is 11.1 Å². The Morgan fingerprint density at radius 3 is 2.53 bits per heavy atom. The van der Waals surface area contributed by atoms with Crippen LogP contribution in [-0.2, 0) is 9.59 Å². The molecule has 0 spiro atoms. The van der Waals surface area contributed by atoms with Crippen LogP contribution in [0.3, 0.4) is 0 Å². The van der Waals surface area contributed by atoms with Gasteiger partial charge in [0.25, 0.3) is 0 Å². The first-order chi connectivity index (χ1) is 7.67. The van der Waals surface area contributed by atoms with E-state index in [-0.39, 0.29) is 18.4 Å². The van der Waals surface area contributed by atoms with Gasteiger partial charge in [0.15, 0.2) is 0 Å². The summed E-state index contributed by atoms with van der Waals surface area (Å²) >= 11 is 0. The lowest BCUT2D eigenvalue weighted by Gasteiger charge is -2.33. The van der Waals surface area contributed by atoms with Crippen molar-refractivity contribution < 1.29 is 14.7 Å². The second-order valence-corrected chi connectivity index (χ2v) is 5.82. The van der Waals surface area contributed by atoms with E-state index in [1.807, 2.05) is 6.92 Å². The van der Waals surface area contributed by atoms with Crippen molar-refractivity contribution in [2.75, 3.05) is 0 Å². The van der Waals surface area contributed by atoms with Gasteiger partial charge in [0, 0.05) is 11.6 Å². The van der Waals surface area contributed by atoms with Crippen LogP contribution in [0.1, 0.15) is 46.5 Å². The summed E-state index contributed by atoms with van der Waals surface area (Å²) in [6.45, 7) is 5.28. The molecule has 0 aromatic rings. The van der Waals surface area contributed by atoms with Crippen LogP contribution < -0.4 is 11.1 Å². The normalized spacial score (nSPS) is 29.1. The van der Waals surface area contributed by atoms with E-state index in [2.05, 4.69) is 5.32 Å². The van der Waals surface area contributed by atoms with Gasteiger partial charge >= 0.3 is 5.97 Å². The van der Waals surface area contributed by atoms with Gasteiger partial charge in [0.1, 0.15) is 0 Å². The Morgan fingerprint density at radius 1 is 1.53 bits per heavy atom. The van der Waals surface area contributed by atoms with Crippen molar-refractivity contribution in [1.82, 2.24) is 5.32 Å². The van der Waals surface area contributed by atoms with Crippen LogP contribution in [0.4, 0.5) is 0 Å². The number of hydrogen-bond donors (Lipinski definition) is 3. The van der Waals surface area contributed by atoms with Gasteiger partial charge in [-0.25, -0.2) is 0 Å². The largest absolute Gasteiger partial charge is 0.481 e. The van der Waals surface area contributed by atoms with Crippen molar-refractivity contribution in [3.63, 3.8) is 0 Å². The molecule has 0 heterocycles. The summed E-state index contributed by atoms with van der Waals surface area (Å²) in [4.78, 5) is 22.9. The van der Waals surface area contributed by atoms with Crippen molar-refractivity contribution in [1.29, 1.82) is 0 Å². The number of hydrogen-bond acceptors (Lipinski definition) is 3. The lowest BCUT2D eigenvalue weighted by atomic mass is 9.83. The maximum Gasteiger partial charge on any atom is 0.305 e. The molecule has 1 fully saturated rings. The molecule has 5 heteroatoms. The molecule has 0 aromatic carbocycles. The molecule has 1 aliphatic carbocycles. The number of aliphatic carboxylic acids is 1. The first-order valence-corrected chi connectivity index (χ1v) is 5.97. The third-order valence-corrected chi connectivity index (χ3v) is 3.59. The monoisotopic (exact) mass is 242 g/mol. The number of nitrogens with two attached hydrogens (primary N) is 1. The van der Waals surface area contributed by atoms with Crippen molar-refractivity contribution in [2.45, 2.75) is 58.0 Å². The Hall–Kier alpha value is -1.10. The quantitative estimate of drug-likeness (QED) is 0.682. The van der Waals surface area contributed by atoms with E-state index in [4.69, 9.17) is 10.8 Å². The first kappa shape index (κ1) is 14.0. The summed E-state index contributed by atoms with van der Waals surface area (Å²) in [5.74, 6) is -1.05. The van der Waals surface area contributed by atoms with Crippen LogP contribution in [0, 0.1) is 5.41 Å². The maximum atomic E-state index is 12.2. The lowest BCUT2D eigenvalue weighted by Crippen LogP contribution is -2.54. The minimum Gasteiger partial charge on any atom is -0.481 e. The minimum atomic E-state index is -0.920. The molecule has 2 unspecified atom stereocenters. The molecule has 5 nitrogen and oxygen atoms in total. The van der Waals surface area contributed by atoms with Gasteiger partial charge in [0.05, 0.1) is 11.8 Å². The molecule has 4 N–H and O–H groups in total. The molecule has 0 radical (unpaired) electrons. The van der Waals surface area contributed by atoms with Crippen LogP contribution in [0.25, 0.3) is 0 Å². The molecule has 98 valence electrons. The molecule has 2 atom stereocenters. The summed E-state index contributed by atoms with van der Waals surface area (Å²) in [5, 5.41) is 11.6. The van der Waals surface area contributed by atoms with Crippen LogP contribution in [-0.4, -0.2) is 28.6 Å². The summed E-state index contributed by atoms with van der Waals surface area (Å²) in [6.07, 6.45) is 2.47. The van der Waals surface area contributed by atoms with E-state index < -0.39 is 16.9 Å². The lowest BCUT2D eigenvalue weighted by molar-refractivity contribution is -0.139. The van der Waals surface area contributed by atoms with Gasteiger partial charge in [-0.3, -0.25) is 9.59 Å². The molecule has 0 aliphatic heterocycles. The van der Waals surface area contributed by atoms with E-state index in [1.165, 1.54) is 0 Å². The molecule has 17 heavy (non-hydrogen) atoms. The molecule has 0 aromatic heterocycles. The standard InChI is InChI=1S/C12H22N2O3/c1-11(2,7-9(15)16)14-10(17)12(3)6-4-5-8(12)13/h8H,4-7,13H2,1-3H3,(H,14,17)(H,15,16). The van der Waals surface area contributed by atoms with Crippen LogP contribution in [0.15, 0.2) is 0 Å². The number of carbonyl (C=O) groups excluding carboxylic acids is 1. The van der Waals surface area contributed by atoms with Gasteiger partial charge in [-0.15, -0.1) is 0 Å². The topological polar surface area (TPSA) is 92.4 Å². The predicted molar refractivity (Wildman–Crippen MR) is 64.4 cm³/mol. The highest BCUT2D eigenvalue weighted by molar-refractivity contribution is 5.84. The predicted octanol–water partition coefficient (Wildman–Crippen LogP) is 0.873. The van der Waals surface area contributed by atoms with E-state index in [0.29, 0.717) is 0 Å². The van der Waals surface area contributed by atoms with Gasteiger partial charge in [-0.05, 0) is 33.6 Å². The van der Waals surface area contributed by atoms with Gasteiger partial charge in [0.2, 0.25) is 5.91 Å². The number of carboxylic acids is 1. The fourth-order valence-corrected chi connectivity index (χ4v) is 2.35. The average Bonchev–Trinajstić information content (AvgIpc) is 2.45. The Kier molecular flexibility index (Phi) is 3.81. The molecular weight excluding hydrogens is 220 g/mol. The number of carboxylic acid groups (broad SMARTS) is 1. The Bertz CT molecular complexity index is 328. The zero-order valence-electron chi connectivity index (χ0n) is 10.7. The average molecular weight is 242 g/mol. The highest BCUT2D eigenvalue weighted by Crippen LogP contribution is 2.37. The highest BCUT2D eigenvalue weighted by Gasteiger charge is 2.44. The van der Waals surface area contributed by atoms with Crippen LogP contribution >= 0.6 is 0 Å². The van der Waals surface area contributed by atoms with E-state index in [0.717, 1.165) is 19.3 Å². The zero-order chi connectivity index (χ0) is 13.3. The number of rotatable bonds is 4. The second-order valence-electron chi connectivity index (χ2n) is 5.82. The molecule has 1 rings (SSSR count). The van der Waals surface area contributed by atoms with Crippen molar-refractivity contribution in [3.8, 4) is 0 Å². The first-order valence-electron chi connectivity index (χ1n) is 5.97. The van der Waals surface area contributed by atoms with Crippen molar-refractivity contribution >= 4 is 11.9 Å². The number of amides is 1. The minimum absolute atomic E-state index is 0.0932. The van der Waals surface area contributed by atoms with Gasteiger partial charge in [-0.2, -0.15) is 0 Å². The molecule has 0 saturated heterocycles. The van der Waals surface area contributed by atoms with Gasteiger partial charge < -0.3 is 16.2 Å². The Labute approximate surface area is 102 Å². The fourth-order valence-electron chi connectivity index (χ4n) is 2.35. The molecular formula is C12H22N2O3. The molecule has 1 amide bonds. The van der Waals surface area contributed by atoms with Gasteiger partial charge in [-0.1, -0.05) is 6.42 Å². The molecule has 0 bridgehead atoms. The summed E-state index contributed by atoms with van der Waals surface area (Å²) in [6, 6.07) is -0.136. The third-order valence-electron chi connectivity index (χ3n) is 3.59. The SMILES string of the molecule is CC(C)(CC(=O)O)NC(=O)C1(C)CCCC1N. The van der Waals surface area contributed by atoms with E-state index in [1.54, 1.807) is 13.8 Å². The van der Waals surface area contributed by atoms with Crippen LogP contribution in [0.5, 0.6) is 0 Å². The third kappa shape index (κ3) is 3.19. The summed E-state index contributed by atoms with van der Waals surface area (Å²) in [7, 11) is 0. The van der Waals surface area contributed by atoms with Crippen molar-refractivity contribution in [3.05, 3.63) is 0 Å². The summed E-state index contributed by atoms with van der Waals surface area (Å²) in [5.41, 5.74) is 4.66. The molecule has 1 saturated carbocycles. The Morgan fingerprint density at radius 2 is 2.12 bits per heavy atom. The second kappa shape index (κ2) is 4.64. The Balaban J connectivity index is 2.68. The molecule has 1 aliphatic rings. The zero-order valence-corrected chi connectivity index (χ0v) is 10.7. The number of nitrogens with one attached hydrogen (secondary N) is 1. The van der Waals surface area contributed by atoms with E-state index in [9.17, 15) is 9.59 Å². The summed E-state index contributed by atoms with van der Waals surface area (Å²) < 4.78 is 0. The van der Waals surface area contributed by atoms with E-state index >= 15 is 0 Å². The maximum absolute atomic E-state index is 12.2.